The molecule has 0 aliphatic rings. The lowest BCUT2D eigenvalue weighted by Crippen LogP contribution is -1.98. The summed E-state index contributed by atoms with van der Waals surface area (Å²) in [5.41, 5.74) is 1.59. The smallest absolute Gasteiger partial charge is 0.258 e. The summed E-state index contributed by atoms with van der Waals surface area (Å²) in [6.45, 7) is 2.71. The van der Waals surface area contributed by atoms with Crippen molar-refractivity contribution in [1.29, 1.82) is 0 Å². The lowest BCUT2D eigenvalue weighted by atomic mass is 10.0. The third-order valence-electron chi connectivity index (χ3n) is 2.17. The number of nitrogens with zero attached hydrogens (tertiary/aromatic N) is 1. The van der Waals surface area contributed by atoms with Crippen molar-refractivity contribution < 1.29 is 9.31 Å². The molecule has 0 unspecified atom stereocenters. The predicted molar refractivity (Wildman–Crippen MR) is 47.4 cm³/mol. The molecule has 1 aromatic rings. The summed E-state index contributed by atoms with van der Waals surface area (Å²) in [7, 11) is 0. The molecule has 1 rings (SSSR count). The predicted octanol–water partition coefficient (Wildman–Crippen LogP) is 2.68. The van der Waals surface area contributed by atoms with E-state index in [0.717, 1.165) is 5.56 Å². The van der Waals surface area contributed by atoms with Gasteiger partial charge in [0.2, 0.25) is 0 Å². The lowest BCUT2D eigenvalue weighted by Gasteiger charge is -2.05. The van der Waals surface area contributed by atoms with Gasteiger partial charge < -0.3 is 0 Å². The summed E-state index contributed by atoms with van der Waals surface area (Å²) in [4.78, 5) is 9.93. The number of benzene rings is 1. The van der Waals surface area contributed by atoms with Gasteiger partial charge in [0, 0.05) is 6.07 Å². The van der Waals surface area contributed by atoms with Crippen LogP contribution in [-0.4, -0.2) is 4.92 Å². The van der Waals surface area contributed by atoms with E-state index in [-0.39, 0.29) is 11.3 Å². The number of alkyl halides is 1. The van der Waals surface area contributed by atoms with Crippen molar-refractivity contribution in [3.63, 3.8) is 0 Å². The number of nitro benzene ring substituents is 1. The van der Waals surface area contributed by atoms with Gasteiger partial charge in [-0.25, -0.2) is 4.39 Å². The molecule has 0 saturated heterocycles. The Morgan fingerprint density at radius 3 is 2.54 bits per heavy atom. The van der Waals surface area contributed by atoms with E-state index in [1.807, 2.05) is 0 Å². The highest BCUT2D eigenvalue weighted by atomic mass is 19.1. The Hall–Kier alpha value is -1.45. The molecule has 0 radical (unpaired) electrons. The van der Waals surface area contributed by atoms with Crippen molar-refractivity contribution in [1.82, 2.24) is 0 Å². The lowest BCUT2D eigenvalue weighted by molar-refractivity contribution is -0.385. The molecule has 3 nitrogen and oxygen atoms in total. The van der Waals surface area contributed by atoms with E-state index < -0.39 is 11.6 Å². The molecule has 70 valence electrons. The molecular weight excluding hydrogens is 173 g/mol. The molecule has 0 fully saturated rings. The normalized spacial score (nSPS) is 10.1. The summed E-state index contributed by atoms with van der Waals surface area (Å²) in [6.07, 6.45) is 0. The highest BCUT2D eigenvalue weighted by Gasteiger charge is 2.16. The third-order valence-corrected chi connectivity index (χ3v) is 2.17. The van der Waals surface area contributed by atoms with Gasteiger partial charge in [0.05, 0.1) is 10.5 Å². The van der Waals surface area contributed by atoms with Crippen molar-refractivity contribution in [2.75, 3.05) is 0 Å². The molecule has 0 spiro atoms. The van der Waals surface area contributed by atoms with Crippen LogP contribution in [0.5, 0.6) is 0 Å². The molecule has 0 bridgehead atoms. The van der Waals surface area contributed by atoms with Crippen molar-refractivity contribution in [2.24, 2.45) is 0 Å². The van der Waals surface area contributed by atoms with E-state index in [0.29, 0.717) is 5.56 Å². The molecule has 0 atom stereocenters. The second-order valence-corrected chi connectivity index (χ2v) is 2.90. The van der Waals surface area contributed by atoms with Gasteiger partial charge in [-0.05, 0) is 25.0 Å². The molecule has 0 heterocycles. The first-order chi connectivity index (χ1) is 6.07. The fourth-order valence-electron chi connectivity index (χ4n) is 1.20. The molecule has 4 heteroatoms. The van der Waals surface area contributed by atoms with Gasteiger partial charge in [-0.2, -0.15) is 0 Å². The Kier molecular flexibility index (Phi) is 2.60. The van der Waals surface area contributed by atoms with E-state index in [4.69, 9.17) is 0 Å². The molecule has 1 aromatic carbocycles. The highest BCUT2D eigenvalue weighted by Crippen LogP contribution is 2.25. The van der Waals surface area contributed by atoms with Gasteiger partial charge in [-0.15, -0.1) is 0 Å². The average molecular weight is 183 g/mol. The Morgan fingerprint density at radius 1 is 1.46 bits per heavy atom. The van der Waals surface area contributed by atoms with Crippen molar-refractivity contribution in [3.8, 4) is 0 Å². The Morgan fingerprint density at radius 2 is 2.08 bits per heavy atom. The molecule has 0 aromatic heterocycles. The van der Waals surface area contributed by atoms with Crippen LogP contribution in [0.25, 0.3) is 0 Å². The van der Waals surface area contributed by atoms with Crippen molar-refractivity contribution in [3.05, 3.63) is 38.9 Å². The van der Waals surface area contributed by atoms with Crippen LogP contribution in [0.2, 0.25) is 0 Å². The molecule has 0 saturated carbocycles. The zero-order valence-electron chi connectivity index (χ0n) is 7.50. The Bertz CT molecular complexity index is 350. The minimum Gasteiger partial charge on any atom is -0.258 e. The third kappa shape index (κ3) is 1.66. The number of hydrogen-bond acceptors (Lipinski definition) is 2. The molecule has 13 heavy (non-hydrogen) atoms. The zero-order chi connectivity index (χ0) is 10.0. The van der Waals surface area contributed by atoms with Crippen LogP contribution in [0.15, 0.2) is 12.1 Å². The second kappa shape index (κ2) is 3.51. The van der Waals surface area contributed by atoms with Crippen LogP contribution >= 0.6 is 0 Å². The minimum atomic E-state index is -0.788. The Labute approximate surface area is 75.3 Å². The molecule has 0 N–H and O–H groups in total. The van der Waals surface area contributed by atoms with E-state index in [9.17, 15) is 14.5 Å². The molecular formula is C9H10FNO2. The zero-order valence-corrected chi connectivity index (χ0v) is 7.50. The minimum absolute atomic E-state index is 0.134. The average Bonchev–Trinajstić information content (AvgIpc) is 2.09. The van der Waals surface area contributed by atoms with Crippen LogP contribution in [0.3, 0.4) is 0 Å². The Balaban J connectivity index is 3.38. The van der Waals surface area contributed by atoms with Crippen LogP contribution in [-0.2, 0) is 6.67 Å². The number of rotatable bonds is 2. The monoisotopic (exact) mass is 183 g/mol. The quantitative estimate of drug-likeness (QED) is 0.522. The van der Waals surface area contributed by atoms with E-state index in [1.165, 1.54) is 6.07 Å². The van der Waals surface area contributed by atoms with Gasteiger partial charge in [-0.3, -0.25) is 10.1 Å². The summed E-state index contributed by atoms with van der Waals surface area (Å²) in [5.74, 6) is 0. The maximum Gasteiger partial charge on any atom is 0.275 e. The maximum absolute atomic E-state index is 12.5. The number of halogens is 1. The van der Waals surface area contributed by atoms with Gasteiger partial charge >= 0.3 is 0 Å². The van der Waals surface area contributed by atoms with Crippen LogP contribution in [0.4, 0.5) is 10.1 Å². The summed E-state index contributed by atoms with van der Waals surface area (Å²) in [5, 5.41) is 10.5. The summed E-state index contributed by atoms with van der Waals surface area (Å²) < 4.78 is 12.5. The van der Waals surface area contributed by atoms with E-state index in [1.54, 1.807) is 19.9 Å². The first-order valence-electron chi connectivity index (χ1n) is 3.87. The van der Waals surface area contributed by atoms with Gasteiger partial charge in [0.25, 0.3) is 5.69 Å². The molecule has 0 amide bonds. The molecule has 0 aliphatic heterocycles. The molecule has 0 aliphatic carbocycles. The number of aryl methyl sites for hydroxylation is 1. The van der Waals surface area contributed by atoms with E-state index >= 15 is 0 Å². The number of nitro groups is 1. The van der Waals surface area contributed by atoms with Gasteiger partial charge in [0.15, 0.2) is 0 Å². The summed E-state index contributed by atoms with van der Waals surface area (Å²) in [6, 6.07) is 2.98. The number of hydrogen-bond donors (Lipinski definition) is 0. The van der Waals surface area contributed by atoms with Gasteiger partial charge in [0.1, 0.15) is 6.67 Å². The fraction of sp³-hybridized carbons (Fsp3) is 0.333. The van der Waals surface area contributed by atoms with Crippen molar-refractivity contribution >= 4 is 5.69 Å². The first kappa shape index (κ1) is 9.64. The highest BCUT2D eigenvalue weighted by molar-refractivity contribution is 5.48. The standard InChI is InChI=1S/C9H10FNO2/c1-6-3-4-9(11(12)13)8(5-10)7(6)2/h3-4H,5H2,1-2H3. The first-order valence-corrected chi connectivity index (χ1v) is 3.87. The van der Waals surface area contributed by atoms with Crippen LogP contribution < -0.4 is 0 Å². The van der Waals surface area contributed by atoms with Crippen LogP contribution in [0.1, 0.15) is 16.7 Å². The largest absolute Gasteiger partial charge is 0.275 e. The fourth-order valence-corrected chi connectivity index (χ4v) is 1.20. The maximum atomic E-state index is 12.5. The topological polar surface area (TPSA) is 43.1 Å². The van der Waals surface area contributed by atoms with E-state index in [2.05, 4.69) is 0 Å². The second-order valence-electron chi connectivity index (χ2n) is 2.90. The summed E-state index contributed by atoms with van der Waals surface area (Å²) >= 11 is 0. The SMILES string of the molecule is Cc1ccc([N+](=O)[O-])c(CF)c1C. The van der Waals surface area contributed by atoms with Crippen LogP contribution in [0, 0.1) is 24.0 Å². The van der Waals surface area contributed by atoms with Crippen molar-refractivity contribution in [2.45, 2.75) is 20.5 Å². The van der Waals surface area contributed by atoms with Gasteiger partial charge in [-0.1, -0.05) is 6.07 Å².